The smallest absolute Gasteiger partial charge is 0.370 e. The fourth-order valence-corrected chi connectivity index (χ4v) is 3.21. The van der Waals surface area contributed by atoms with Crippen LogP contribution in [0.2, 0.25) is 0 Å². The zero-order chi connectivity index (χ0) is 21.2. The number of rotatable bonds is 7. The summed E-state index contributed by atoms with van der Waals surface area (Å²) in [6, 6.07) is 3.94. The van der Waals surface area contributed by atoms with Crippen LogP contribution in [0, 0.1) is 0 Å². The zero-order valence-electron chi connectivity index (χ0n) is 15.4. The molecule has 1 heterocycles. The van der Waals surface area contributed by atoms with E-state index in [9.17, 15) is 27.6 Å². The molecule has 0 spiro atoms. The van der Waals surface area contributed by atoms with Crippen LogP contribution in [-0.2, 0) is 19.1 Å². The van der Waals surface area contributed by atoms with Crippen LogP contribution in [-0.4, -0.2) is 67.2 Å². The summed E-state index contributed by atoms with van der Waals surface area (Å²) in [7, 11) is 0. The number of halogens is 3. The van der Waals surface area contributed by atoms with Crippen LogP contribution in [0.5, 0.6) is 0 Å². The maximum Gasteiger partial charge on any atom is 0.401 e. The number of nitrogens with two attached hydrogens (primary N) is 1. The van der Waals surface area contributed by atoms with Crippen molar-refractivity contribution in [1.29, 1.82) is 0 Å². The quantitative estimate of drug-likeness (QED) is 0.645. The number of anilines is 2. The van der Waals surface area contributed by atoms with E-state index in [1.165, 1.54) is 17.0 Å². The highest BCUT2D eigenvalue weighted by Crippen LogP contribution is 2.32. The average molecular weight is 414 g/mol. The Hall–Kier alpha value is -2.66. The second kappa shape index (κ2) is 8.37. The normalized spacial score (nSPS) is 18.6. The first kappa shape index (κ1) is 21.1. The number of ether oxygens (including phenoxy) is 1. The van der Waals surface area contributed by atoms with Gasteiger partial charge in [0.25, 0.3) is 11.8 Å². The summed E-state index contributed by atoms with van der Waals surface area (Å²) in [5.41, 5.74) is 6.12. The third-order valence-electron chi connectivity index (χ3n) is 4.66. The first-order valence-corrected chi connectivity index (χ1v) is 9.06. The van der Waals surface area contributed by atoms with Crippen molar-refractivity contribution in [3.63, 3.8) is 0 Å². The number of hydrogen-bond acceptors (Lipinski definition) is 5. The Morgan fingerprint density at radius 2 is 1.93 bits per heavy atom. The number of nitrogens with zero attached hydrogens (tertiary/aromatic N) is 2. The van der Waals surface area contributed by atoms with Crippen molar-refractivity contribution in [2.45, 2.75) is 31.1 Å². The van der Waals surface area contributed by atoms with Crippen LogP contribution in [0.15, 0.2) is 24.3 Å². The number of benzene rings is 1. The highest BCUT2D eigenvalue weighted by atomic mass is 19.4. The Balaban J connectivity index is 1.71. The van der Waals surface area contributed by atoms with Crippen LogP contribution >= 0.6 is 0 Å². The number of primary amides is 1. The average Bonchev–Trinajstić information content (AvgIpc) is 3.46. The first-order chi connectivity index (χ1) is 13.7. The van der Waals surface area contributed by atoms with E-state index in [0.717, 1.165) is 4.90 Å². The van der Waals surface area contributed by atoms with Gasteiger partial charge in [0, 0.05) is 24.0 Å². The third-order valence-corrected chi connectivity index (χ3v) is 4.66. The zero-order valence-corrected chi connectivity index (χ0v) is 15.4. The minimum absolute atomic E-state index is 0.0189. The Labute approximate surface area is 164 Å². The van der Waals surface area contributed by atoms with Crippen LogP contribution < -0.4 is 16.0 Å². The van der Waals surface area contributed by atoms with Crippen molar-refractivity contribution in [3.8, 4) is 0 Å². The molecular formula is C18H21F3N4O4. The second-order valence-corrected chi connectivity index (χ2v) is 6.96. The van der Waals surface area contributed by atoms with Gasteiger partial charge in [0.05, 0.1) is 13.2 Å². The van der Waals surface area contributed by atoms with Gasteiger partial charge in [0.1, 0.15) is 6.61 Å². The van der Waals surface area contributed by atoms with Gasteiger partial charge in [-0.25, -0.2) is 0 Å². The molecule has 0 aromatic heterocycles. The molecule has 3 rings (SSSR count). The molecule has 0 radical (unpaired) electrons. The molecule has 158 valence electrons. The Morgan fingerprint density at radius 1 is 1.28 bits per heavy atom. The fourth-order valence-electron chi connectivity index (χ4n) is 3.21. The molecule has 1 aromatic carbocycles. The lowest BCUT2D eigenvalue weighted by molar-refractivity contribution is -0.158. The second-order valence-electron chi connectivity index (χ2n) is 6.96. The van der Waals surface area contributed by atoms with Crippen LogP contribution in [0.3, 0.4) is 0 Å². The largest absolute Gasteiger partial charge is 0.401 e. The van der Waals surface area contributed by atoms with Crippen molar-refractivity contribution >= 4 is 29.1 Å². The van der Waals surface area contributed by atoms with Gasteiger partial charge in [0.2, 0.25) is 5.91 Å². The molecule has 3 amide bonds. The van der Waals surface area contributed by atoms with Gasteiger partial charge in [0.15, 0.2) is 6.04 Å². The Bertz CT molecular complexity index is 780. The lowest BCUT2D eigenvalue weighted by Gasteiger charge is -2.29. The van der Waals surface area contributed by atoms with Gasteiger partial charge in [-0.15, -0.1) is 0 Å². The fraction of sp³-hybridized carbons (Fsp3) is 0.500. The molecule has 1 aliphatic heterocycles. The summed E-state index contributed by atoms with van der Waals surface area (Å²) in [4.78, 5) is 38.5. The summed E-state index contributed by atoms with van der Waals surface area (Å²) < 4.78 is 43.7. The topological polar surface area (TPSA) is 105 Å². The molecular weight excluding hydrogens is 393 g/mol. The highest BCUT2D eigenvalue weighted by Gasteiger charge is 2.45. The predicted octanol–water partition coefficient (Wildman–Crippen LogP) is 0.869. The molecule has 8 nitrogen and oxygen atoms in total. The number of carbonyl (C=O) groups excluding carboxylic acids is 3. The molecule has 2 aliphatic rings. The predicted molar refractivity (Wildman–Crippen MR) is 97.0 cm³/mol. The van der Waals surface area contributed by atoms with Crippen LogP contribution in [0.4, 0.5) is 24.5 Å². The number of alkyl halides is 3. The standard InChI is InChI=1S/C18H21F3N4O4/c19-18(20,21)10-25(13-5-6-13)15(16(22)27)17(28)23-11-1-3-12(4-2-11)24-7-8-29-9-14(24)26/h1-4,13,15H,5-10H2,(H2,22,27)(H,23,28)/t15-/m0/s1. The van der Waals surface area contributed by atoms with Gasteiger partial charge in [-0.2, -0.15) is 13.2 Å². The van der Waals surface area contributed by atoms with Gasteiger partial charge < -0.3 is 20.7 Å². The van der Waals surface area contributed by atoms with Crippen LogP contribution in [0.1, 0.15) is 12.8 Å². The maximum absolute atomic E-state index is 12.9. The SMILES string of the molecule is NC(=O)[C@@H](C(=O)Nc1ccc(N2CCOCC2=O)cc1)N(CC(F)(F)F)C1CC1. The van der Waals surface area contributed by atoms with E-state index in [4.69, 9.17) is 10.5 Å². The van der Waals surface area contributed by atoms with Crippen molar-refractivity contribution in [1.82, 2.24) is 4.90 Å². The number of carbonyl (C=O) groups is 3. The monoisotopic (exact) mass is 414 g/mol. The third kappa shape index (κ3) is 5.45. The Kier molecular flexibility index (Phi) is 6.08. The molecule has 1 atom stereocenters. The summed E-state index contributed by atoms with van der Waals surface area (Å²) in [5, 5.41) is 2.44. The minimum Gasteiger partial charge on any atom is -0.370 e. The van der Waals surface area contributed by atoms with Crippen molar-refractivity contribution < 1.29 is 32.3 Å². The van der Waals surface area contributed by atoms with E-state index in [2.05, 4.69) is 5.32 Å². The highest BCUT2D eigenvalue weighted by molar-refractivity contribution is 6.09. The van der Waals surface area contributed by atoms with E-state index >= 15 is 0 Å². The summed E-state index contributed by atoms with van der Waals surface area (Å²) >= 11 is 0. The van der Waals surface area contributed by atoms with E-state index in [0.29, 0.717) is 31.7 Å². The number of hydrogen-bond donors (Lipinski definition) is 2. The molecule has 1 aliphatic carbocycles. The molecule has 3 N–H and O–H groups in total. The van der Waals surface area contributed by atoms with Crippen molar-refractivity contribution in [2.24, 2.45) is 5.73 Å². The first-order valence-electron chi connectivity index (χ1n) is 9.06. The maximum atomic E-state index is 12.9. The van der Waals surface area contributed by atoms with Crippen LogP contribution in [0.25, 0.3) is 0 Å². The summed E-state index contributed by atoms with van der Waals surface area (Å²) in [5.74, 6) is -2.27. The lowest BCUT2D eigenvalue weighted by Crippen LogP contribution is -2.55. The molecule has 1 aromatic rings. The number of amides is 3. The number of morpholine rings is 1. The number of nitrogens with one attached hydrogen (secondary N) is 1. The lowest BCUT2D eigenvalue weighted by atomic mass is 10.2. The summed E-state index contributed by atoms with van der Waals surface area (Å²) in [6.07, 6.45) is -3.63. The molecule has 0 bridgehead atoms. The van der Waals surface area contributed by atoms with E-state index < -0.39 is 36.6 Å². The minimum atomic E-state index is -4.57. The molecule has 1 saturated carbocycles. The summed E-state index contributed by atoms with van der Waals surface area (Å²) in [6.45, 7) is -0.617. The van der Waals surface area contributed by atoms with E-state index in [1.807, 2.05) is 0 Å². The van der Waals surface area contributed by atoms with Gasteiger partial charge in [-0.05, 0) is 37.1 Å². The molecule has 1 saturated heterocycles. The van der Waals surface area contributed by atoms with Crippen molar-refractivity contribution in [3.05, 3.63) is 24.3 Å². The molecule has 0 unspecified atom stereocenters. The molecule has 11 heteroatoms. The van der Waals surface area contributed by atoms with E-state index in [-0.39, 0.29) is 18.2 Å². The van der Waals surface area contributed by atoms with Crippen molar-refractivity contribution in [2.75, 3.05) is 36.5 Å². The van der Waals surface area contributed by atoms with Gasteiger partial charge >= 0.3 is 6.18 Å². The van der Waals surface area contributed by atoms with Gasteiger partial charge in [-0.3, -0.25) is 19.3 Å². The molecule has 2 fully saturated rings. The Morgan fingerprint density at radius 3 is 2.45 bits per heavy atom. The van der Waals surface area contributed by atoms with Gasteiger partial charge in [-0.1, -0.05) is 0 Å². The molecule has 29 heavy (non-hydrogen) atoms. The van der Waals surface area contributed by atoms with E-state index in [1.54, 1.807) is 12.1 Å².